The number of non-ortho nitro benzene ring substituents is 1. The van der Waals surface area contributed by atoms with Gasteiger partial charge in [0.05, 0.1) is 10.4 Å². The quantitative estimate of drug-likeness (QED) is 0.454. The Labute approximate surface area is 118 Å². The lowest BCUT2D eigenvalue weighted by Gasteiger charge is -2.00. The van der Waals surface area contributed by atoms with Crippen LogP contribution >= 0.6 is 0 Å². The number of nitro benzene ring substituents is 1. The molecular weight excluding hydrogens is 275 g/mol. The molecule has 3 aromatic rings. The summed E-state index contributed by atoms with van der Waals surface area (Å²) in [6.45, 7) is 0. The van der Waals surface area contributed by atoms with Gasteiger partial charge in [0.25, 0.3) is 5.69 Å². The van der Waals surface area contributed by atoms with Crippen LogP contribution in [0.2, 0.25) is 0 Å². The monoisotopic (exact) mass is 284 g/mol. The number of fused-ring (bicyclic) bond motifs is 1. The molecule has 0 aliphatic carbocycles. The Kier molecular flexibility index (Phi) is 2.98. The van der Waals surface area contributed by atoms with Crippen molar-refractivity contribution in [1.82, 2.24) is 4.98 Å². The number of rotatable bonds is 3. The molecule has 0 saturated heterocycles. The Morgan fingerprint density at radius 3 is 2.52 bits per heavy atom. The van der Waals surface area contributed by atoms with E-state index < -0.39 is 10.7 Å². The number of nitrogens with zero attached hydrogens (tertiary/aromatic N) is 1. The van der Waals surface area contributed by atoms with E-state index in [1.807, 2.05) is 0 Å². The first-order chi connectivity index (χ1) is 10.1. The zero-order chi connectivity index (χ0) is 15.0. The molecule has 6 heteroatoms. The zero-order valence-corrected chi connectivity index (χ0v) is 10.7. The third-order valence-electron chi connectivity index (χ3n) is 3.23. The van der Waals surface area contributed by atoms with Gasteiger partial charge in [-0.15, -0.1) is 0 Å². The molecule has 3 rings (SSSR count). The van der Waals surface area contributed by atoms with Crippen molar-refractivity contribution in [3.05, 3.63) is 75.7 Å². The lowest BCUT2D eigenvalue weighted by atomic mass is 10.0. The Bertz CT molecular complexity index is 853. The number of nitrogens with one attached hydrogen (secondary N) is 1. The van der Waals surface area contributed by atoms with Crippen LogP contribution in [0.15, 0.2) is 48.7 Å². The van der Waals surface area contributed by atoms with E-state index in [4.69, 9.17) is 0 Å². The summed E-state index contributed by atoms with van der Waals surface area (Å²) in [5.74, 6) is -0.684. The molecule has 0 aliphatic rings. The molecule has 0 fully saturated rings. The number of aromatic nitrogens is 1. The number of halogens is 1. The predicted octanol–water partition coefficient (Wildman–Crippen LogP) is 3.45. The summed E-state index contributed by atoms with van der Waals surface area (Å²) in [7, 11) is 0. The van der Waals surface area contributed by atoms with Crippen LogP contribution in [-0.4, -0.2) is 15.7 Å². The van der Waals surface area contributed by atoms with Gasteiger partial charge in [0.2, 0.25) is 0 Å². The minimum atomic E-state index is -0.498. The molecule has 0 unspecified atom stereocenters. The second-order valence-electron chi connectivity index (χ2n) is 4.53. The Hall–Kier alpha value is -3.02. The van der Waals surface area contributed by atoms with Crippen LogP contribution in [0.5, 0.6) is 0 Å². The normalized spacial score (nSPS) is 10.7. The summed E-state index contributed by atoms with van der Waals surface area (Å²) in [5.41, 5.74) is 1.21. The predicted molar refractivity (Wildman–Crippen MR) is 74.8 cm³/mol. The van der Waals surface area contributed by atoms with Crippen molar-refractivity contribution in [2.75, 3.05) is 0 Å². The highest BCUT2D eigenvalue weighted by Gasteiger charge is 2.16. The number of carbonyl (C=O) groups is 1. The van der Waals surface area contributed by atoms with Gasteiger partial charge in [-0.2, -0.15) is 0 Å². The van der Waals surface area contributed by atoms with Crippen molar-refractivity contribution in [3.8, 4) is 0 Å². The molecule has 0 saturated carbocycles. The summed E-state index contributed by atoms with van der Waals surface area (Å²) >= 11 is 0. The highest BCUT2D eigenvalue weighted by molar-refractivity contribution is 6.16. The summed E-state index contributed by atoms with van der Waals surface area (Å²) in [5, 5.41) is 11.3. The molecule has 1 aromatic heterocycles. The first-order valence-electron chi connectivity index (χ1n) is 6.12. The van der Waals surface area contributed by atoms with Crippen molar-refractivity contribution in [2.24, 2.45) is 0 Å². The molecule has 0 atom stereocenters. The molecule has 5 nitrogen and oxygen atoms in total. The van der Waals surface area contributed by atoms with Crippen LogP contribution in [0.4, 0.5) is 10.1 Å². The maximum absolute atomic E-state index is 12.9. The lowest BCUT2D eigenvalue weighted by molar-refractivity contribution is -0.384. The smallest absolute Gasteiger partial charge is 0.271 e. The molecule has 21 heavy (non-hydrogen) atoms. The number of hydrogen-bond acceptors (Lipinski definition) is 3. The number of ketones is 1. The number of carbonyl (C=O) groups excluding carboxylic acids is 1. The lowest BCUT2D eigenvalue weighted by Crippen LogP contribution is -2.00. The molecule has 0 spiro atoms. The van der Waals surface area contributed by atoms with Gasteiger partial charge in [-0.1, -0.05) is 0 Å². The third kappa shape index (κ3) is 2.27. The van der Waals surface area contributed by atoms with Gasteiger partial charge in [0.15, 0.2) is 5.78 Å². The topological polar surface area (TPSA) is 76.0 Å². The van der Waals surface area contributed by atoms with Crippen molar-refractivity contribution in [2.45, 2.75) is 0 Å². The van der Waals surface area contributed by atoms with Crippen LogP contribution in [-0.2, 0) is 0 Å². The maximum atomic E-state index is 12.9. The maximum Gasteiger partial charge on any atom is 0.271 e. The molecule has 0 aliphatic heterocycles. The standard InChI is InChI=1S/C15H9FN2O3/c16-10-3-1-9(2-4-10)15(19)13-8-17-14-7-11(18(20)21)5-6-12(13)14/h1-8,17H. The molecule has 0 bridgehead atoms. The van der Waals surface area contributed by atoms with Crippen LogP contribution in [0.1, 0.15) is 15.9 Å². The molecule has 104 valence electrons. The van der Waals surface area contributed by atoms with E-state index in [1.54, 1.807) is 0 Å². The SMILES string of the molecule is O=C(c1ccc(F)cc1)c1c[nH]c2cc([N+](=O)[O-])ccc12. The highest BCUT2D eigenvalue weighted by atomic mass is 19.1. The van der Waals surface area contributed by atoms with Crippen molar-refractivity contribution in [1.29, 1.82) is 0 Å². The van der Waals surface area contributed by atoms with Gasteiger partial charge in [-0.25, -0.2) is 4.39 Å². The molecule has 0 amide bonds. The van der Waals surface area contributed by atoms with Crippen LogP contribution in [0, 0.1) is 15.9 Å². The van der Waals surface area contributed by atoms with Gasteiger partial charge >= 0.3 is 0 Å². The molecular formula is C15H9FN2O3. The van der Waals surface area contributed by atoms with Gasteiger partial charge < -0.3 is 4.98 Å². The number of H-pyrrole nitrogens is 1. The molecule has 1 N–H and O–H groups in total. The van der Waals surface area contributed by atoms with Gasteiger partial charge in [0, 0.05) is 34.8 Å². The number of hydrogen-bond donors (Lipinski definition) is 1. The van der Waals surface area contributed by atoms with E-state index in [2.05, 4.69) is 4.98 Å². The summed E-state index contributed by atoms with van der Waals surface area (Å²) in [6.07, 6.45) is 1.50. The molecule has 0 radical (unpaired) electrons. The van der Waals surface area contributed by atoms with Crippen molar-refractivity contribution < 1.29 is 14.1 Å². The van der Waals surface area contributed by atoms with E-state index in [9.17, 15) is 19.3 Å². The van der Waals surface area contributed by atoms with Crippen LogP contribution < -0.4 is 0 Å². The van der Waals surface area contributed by atoms with Crippen molar-refractivity contribution in [3.63, 3.8) is 0 Å². The van der Waals surface area contributed by atoms with E-state index in [0.717, 1.165) is 0 Å². The van der Waals surface area contributed by atoms with E-state index in [1.165, 1.54) is 48.7 Å². The van der Waals surface area contributed by atoms with Crippen LogP contribution in [0.25, 0.3) is 10.9 Å². The Morgan fingerprint density at radius 1 is 1.14 bits per heavy atom. The fraction of sp³-hybridized carbons (Fsp3) is 0. The van der Waals surface area contributed by atoms with E-state index in [0.29, 0.717) is 22.0 Å². The molecule has 1 heterocycles. The van der Waals surface area contributed by atoms with Crippen LogP contribution in [0.3, 0.4) is 0 Å². The highest BCUT2D eigenvalue weighted by Crippen LogP contribution is 2.25. The third-order valence-corrected chi connectivity index (χ3v) is 3.23. The van der Waals surface area contributed by atoms with E-state index in [-0.39, 0.29) is 11.5 Å². The van der Waals surface area contributed by atoms with Crippen molar-refractivity contribution >= 4 is 22.4 Å². The Balaban J connectivity index is 2.06. The fourth-order valence-electron chi connectivity index (χ4n) is 2.17. The number of benzene rings is 2. The first-order valence-corrected chi connectivity index (χ1v) is 6.12. The second-order valence-corrected chi connectivity index (χ2v) is 4.53. The van der Waals surface area contributed by atoms with Gasteiger partial charge in [-0.05, 0) is 30.3 Å². The number of nitro groups is 1. The second kappa shape index (κ2) is 4.82. The minimum Gasteiger partial charge on any atom is -0.360 e. The average Bonchev–Trinajstić information content (AvgIpc) is 2.90. The molecule has 2 aromatic carbocycles. The van der Waals surface area contributed by atoms with Gasteiger partial charge in [-0.3, -0.25) is 14.9 Å². The minimum absolute atomic E-state index is 0.0508. The average molecular weight is 284 g/mol. The zero-order valence-electron chi connectivity index (χ0n) is 10.7. The summed E-state index contributed by atoms with van der Waals surface area (Å²) in [4.78, 5) is 25.5. The largest absolute Gasteiger partial charge is 0.360 e. The first kappa shape index (κ1) is 13.0. The number of aromatic amines is 1. The summed E-state index contributed by atoms with van der Waals surface area (Å²) < 4.78 is 12.9. The van der Waals surface area contributed by atoms with E-state index >= 15 is 0 Å². The summed E-state index contributed by atoms with van der Waals surface area (Å²) in [6, 6.07) is 9.48. The fourth-order valence-corrected chi connectivity index (χ4v) is 2.17. The Morgan fingerprint density at radius 2 is 1.86 bits per heavy atom. The van der Waals surface area contributed by atoms with Gasteiger partial charge in [0.1, 0.15) is 5.82 Å².